The van der Waals surface area contributed by atoms with Gasteiger partial charge in [0.1, 0.15) is 0 Å². The van der Waals surface area contributed by atoms with Gasteiger partial charge in [0.25, 0.3) is 0 Å². The van der Waals surface area contributed by atoms with E-state index in [0.717, 1.165) is 11.1 Å². The number of nitrogens with zero attached hydrogens (tertiary/aromatic N) is 4. The highest BCUT2D eigenvalue weighted by molar-refractivity contribution is 6.32. The van der Waals surface area contributed by atoms with Crippen LogP contribution in [0.2, 0.25) is 10.2 Å². The molecule has 0 radical (unpaired) electrons. The molecule has 0 atom stereocenters. The summed E-state index contributed by atoms with van der Waals surface area (Å²) in [4.78, 5) is 3.97. The van der Waals surface area contributed by atoms with Crippen molar-refractivity contribution in [3.8, 4) is 11.4 Å². The Balaban J connectivity index is 2.29. The molecule has 3 rings (SSSR count). The van der Waals surface area contributed by atoms with Crippen molar-refractivity contribution in [2.45, 2.75) is 6.92 Å². The number of hydrogen-bond donors (Lipinski definition) is 0. The minimum Gasteiger partial charge on any atom is -0.278 e. The Bertz CT molecular complexity index is 716. The lowest BCUT2D eigenvalue weighted by Gasteiger charge is -2.02. The van der Waals surface area contributed by atoms with Gasteiger partial charge in [0.05, 0.1) is 0 Å². The number of fused-ring (bicyclic) bond motifs is 1. The maximum Gasteiger partial charge on any atom is 0.198 e. The molecule has 1 aromatic carbocycles. The molecule has 2 heterocycles. The Morgan fingerprint density at radius 3 is 2.72 bits per heavy atom. The van der Waals surface area contributed by atoms with Crippen LogP contribution < -0.4 is 0 Å². The van der Waals surface area contributed by atoms with Gasteiger partial charge in [-0.1, -0.05) is 23.2 Å². The standard InChI is InChI=1S/C12H8Cl2N4/c1-7-4-8(6-9(13)5-7)11-16-17-12-10(14)15-2-3-18(11)12/h2-6H,1H3. The molecule has 18 heavy (non-hydrogen) atoms. The summed E-state index contributed by atoms with van der Waals surface area (Å²) < 4.78 is 1.79. The van der Waals surface area contributed by atoms with Crippen LogP contribution in [0.25, 0.3) is 17.0 Å². The van der Waals surface area contributed by atoms with Crippen molar-refractivity contribution in [3.05, 3.63) is 46.3 Å². The number of aromatic nitrogens is 4. The molecule has 0 fully saturated rings. The SMILES string of the molecule is Cc1cc(Cl)cc(-c2nnc3c(Cl)nccn23)c1. The number of hydrogen-bond acceptors (Lipinski definition) is 3. The van der Waals surface area contributed by atoms with E-state index in [9.17, 15) is 0 Å². The second-order valence-corrected chi connectivity index (χ2v) is 4.75. The molecular weight excluding hydrogens is 271 g/mol. The number of rotatable bonds is 1. The first-order valence-electron chi connectivity index (χ1n) is 5.28. The molecule has 0 bridgehead atoms. The van der Waals surface area contributed by atoms with E-state index in [1.807, 2.05) is 25.1 Å². The van der Waals surface area contributed by atoms with Crippen molar-refractivity contribution in [1.29, 1.82) is 0 Å². The summed E-state index contributed by atoms with van der Waals surface area (Å²) in [6.45, 7) is 1.98. The van der Waals surface area contributed by atoms with Gasteiger partial charge >= 0.3 is 0 Å². The van der Waals surface area contributed by atoms with Gasteiger partial charge in [-0.25, -0.2) is 4.98 Å². The van der Waals surface area contributed by atoms with Gasteiger partial charge in [-0.15, -0.1) is 10.2 Å². The topological polar surface area (TPSA) is 43.1 Å². The van der Waals surface area contributed by atoms with Crippen molar-refractivity contribution in [2.75, 3.05) is 0 Å². The van der Waals surface area contributed by atoms with Crippen LogP contribution in [0.5, 0.6) is 0 Å². The molecule has 0 amide bonds. The molecule has 0 saturated carbocycles. The van der Waals surface area contributed by atoms with Gasteiger partial charge in [0.2, 0.25) is 0 Å². The Morgan fingerprint density at radius 2 is 1.94 bits per heavy atom. The van der Waals surface area contributed by atoms with Crippen molar-refractivity contribution >= 4 is 28.8 Å². The maximum absolute atomic E-state index is 6.05. The first kappa shape index (κ1) is 11.4. The fourth-order valence-electron chi connectivity index (χ4n) is 1.86. The minimum absolute atomic E-state index is 0.329. The van der Waals surface area contributed by atoms with Gasteiger partial charge in [-0.3, -0.25) is 4.40 Å². The molecule has 6 heteroatoms. The fraction of sp³-hybridized carbons (Fsp3) is 0.0833. The Morgan fingerprint density at radius 1 is 1.11 bits per heavy atom. The smallest absolute Gasteiger partial charge is 0.198 e. The zero-order valence-electron chi connectivity index (χ0n) is 9.43. The van der Waals surface area contributed by atoms with Gasteiger partial charge in [0, 0.05) is 23.0 Å². The normalized spacial score (nSPS) is 11.1. The molecule has 90 valence electrons. The molecule has 0 saturated heterocycles. The van der Waals surface area contributed by atoms with Crippen LogP contribution in [-0.2, 0) is 0 Å². The molecule has 0 N–H and O–H groups in total. The average molecular weight is 279 g/mol. The zero-order chi connectivity index (χ0) is 12.7. The van der Waals surface area contributed by atoms with Gasteiger partial charge in [-0.2, -0.15) is 0 Å². The summed E-state index contributed by atoms with van der Waals surface area (Å²) in [5.74, 6) is 0.694. The molecule has 0 spiro atoms. The van der Waals surface area contributed by atoms with Crippen molar-refractivity contribution in [2.24, 2.45) is 0 Å². The fourth-order valence-corrected chi connectivity index (χ4v) is 2.33. The van der Waals surface area contributed by atoms with Crippen molar-refractivity contribution in [1.82, 2.24) is 19.6 Å². The molecule has 2 aromatic heterocycles. The van der Waals surface area contributed by atoms with Crippen LogP contribution in [0, 0.1) is 6.92 Å². The summed E-state index contributed by atoms with van der Waals surface area (Å²) in [5, 5.41) is 9.16. The quantitative estimate of drug-likeness (QED) is 0.685. The summed E-state index contributed by atoms with van der Waals surface area (Å²) in [6, 6.07) is 5.73. The molecule has 4 nitrogen and oxygen atoms in total. The van der Waals surface area contributed by atoms with Gasteiger partial charge in [-0.05, 0) is 30.7 Å². The Hall–Kier alpha value is -1.65. The third-order valence-electron chi connectivity index (χ3n) is 2.58. The van der Waals surface area contributed by atoms with Crippen LogP contribution in [0.1, 0.15) is 5.56 Å². The molecule has 0 aliphatic heterocycles. The van der Waals surface area contributed by atoms with E-state index < -0.39 is 0 Å². The lowest BCUT2D eigenvalue weighted by molar-refractivity contribution is 1.11. The second-order valence-electron chi connectivity index (χ2n) is 3.95. The van der Waals surface area contributed by atoms with E-state index in [1.165, 1.54) is 0 Å². The molecule has 0 unspecified atom stereocenters. The predicted octanol–water partition coefficient (Wildman–Crippen LogP) is 3.41. The highest BCUT2D eigenvalue weighted by Gasteiger charge is 2.11. The van der Waals surface area contributed by atoms with Gasteiger partial charge < -0.3 is 0 Å². The number of aryl methyl sites for hydroxylation is 1. The monoisotopic (exact) mass is 278 g/mol. The zero-order valence-corrected chi connectivity index (χ0v) is 10.9. The van der Waals surface area contributed by atoms with Crippen LogP contribution in [0.15, 0.2) is 30.6 Å². The third-order valence-corrected chi connectivity index (χ3v) is 3.07. The lowest BCUT2D eigenvalue weighted by Crippen LogP contribution is -1.91. The minimum atomic E-state index is 0.329. The van der Waals surface area contributed by atoms with Crippen LogP contribution >= 0.6 is 23.2 Å². The first-order chi connectivity index (χ1) is 8.65. The van der Waals surface area contributed by atoms with E-state index in [1.54, 1.807) is 16.8 Å². The molecular formula is C12H8Cl2N4. The molecule has 0 aliphatic carbocycles. The van der Waals surface area contributed by atoms with Crippen molar-refractivity contribution in [3.63, 3.8) is 0 Å². The largest absolute Gasteiger partial charge is 0.278 e. The summed E-state index contributed by atoms with van der Waals surface area (Å²) in [6.07, 6.45) is 3.38. The van der Waals surface area contributed by atoms with E-state index in [2.05, 4.69) is 15.2 Å². The highest BCUT2D eigenvalue weighted by Crippen LogP contribution is 2.24. The summed E-state index contributed by atoms with van der Waals surface area (Å²) >= 11 is 12.0. The van der Waals surface area contributed by atoms with E-state index in [-0.39, 0.29) is 0 Å². The van der Waals surface area contributed by atoms with Gasteiger partial charge in [0.15, 0.2) is 16.6 Å². The molecule has 3 aromatic rings. The summed E-state index contributed by atoms with van der Waals surface area (Å²) in [5.41, 5.74) is 2.50. The number of halogens is 2. The molecule has 0 aliphatic rings. The number of benzene rings is 1. The highest BCUT2D eigenvalue weighted by atomic mass is 35.5. The van der Waals surface area contributed by atoms with Crippen LogP contribution in [0.4, 0.5) is 0 Å². The lowest BCUT2D eigenvalue weighted by atomic mass is 10.1. The van der Waals surface area contributed by atoms with E-state index >= 15 is 0 Å². The second kappa shape index (κ2) is 4.23. The van der Waals surface area contributed by atoms with Crippen molar-refractivity contribution < 1.29 is 0 Å². The van der Waals surface area contributed by atoms with Crippen LogP contribution in [0.3, 0.4) is 0 Å². The Kier molecular flexibility index (Phi) is 2.69. The maximum atomic E-state index is 6.05. The predicted molar refractivity (Wildman–Crippen MR) is 71.0 cm³/mol. The van der Waals surface area contributed by atoms with E-state index in [4.69, 9.17) is 23.2 Å². The Labute approximate surface area is 113 Å². The summed E-state index contributed by atoms with van der Waals surface area (Å²) in [7, 11) is 0. The van der Waals surface area contributed by atoms with E-state index in [0.29, 0.717) is 21.6 Å². The third kappa shape index (κ3) is 1.83. The van der Waals surface area contributed by atoms with Crippen LogP contribution in [-0.4, -0.2) is 19.6 Å². The average Bonchev–Trinajstić information content (AvgIpc) is 2.73. The first-order valence-corrected chi connectivity index (χ1v) is 6.03.